The summed E-state index contributed by atoms with van der Waals surface area (Å²) in [5.74, 6) is -0.603. The van der Waals surface area contributed by atoms with E-state index in [4.69, 9.17) is 21.4 Å². The second-order valence-corrected chi connectivity index (χ2v) is 7.53. The highest BCUT2D eigenvalue weighted by Gasteiger charge is 2.04. The van der Waals surface area contributed by atoms with Gasteiger partial charge in [-0.2, -0.15) is 0 Å². The molecule has 3 rings (SSSR count). The molecule has 0 amide bonds. The summed E-state index contributed by atoms with van der Waals surface area (Å²) in [6.45, 7) is 0.0871. The van der Waals surface area contributed by atoms with Crippen LogP contribution in [0.15, 0.2) is 53.3 Å². The van der Waals surface area contributed by atoms with Gasteiger partial charge in [0.1, 0.15) is 5.75 Å². The predicted octanol–water partition coefficient (Wildman–Crippen LogP) is 2.44. The molecule has 8 heteroatoms. The summed E-state index contributed by atoms with van der Waals surface area (Å²) in [5, 5.41) is 9.16. The first-order valence-corrected chi connectivity index (χ1v) is 9.77. The molecule has 0 aliphatic carbocycles. The Morgan fingerprint density at radius 3 is 2.45 bits per heavy atom. The van der Waals surface area contributed by atoms with Crippen LogP contribution in [0.1, 0.15) is 22.3 Å². The lowest BCUT2D eigenvalue weighted by Gasteiger charge is -2.04. The number of benzene rings is 2. The van der Waals surface area contributed by atoms with Gasteiger partial charge >= 0.3 is 5.97 Å². The number of aromatic amines is 1. The molecule has 0 bridgehead atoms. The van der Waals surface area contributed by atoms with Gasteiger partial charge in [0.15, 0.2) is 5.78 Å². The molecule has 0 aliphatic heterocycles. The van der Waals surface area contributed by atoms with Gasteiger partial charge in [0.2, 0.25) is 0 Å². The molecule has 0 fully saturated rings. The van der Waals surface area contributed by atoms with Crippen molar-refractivity contribution >= 4 is 46.8 Å². The Balaban J connectivity index is 1.78. The van der Waals surface area contributed by atoms with Gasteiger partial charge in [0.25, 0.3) is 5.56 Å². The zero-order valence-corrected chi connectivity index (χ0v) is 16.6. The number of H-pyrrole nitrogens is 1. The van der Waals surface area contributed by atoms with E-state index in [0.29, 0.717) is 25.5 Å². The second kappa shape index (κ2) is 9.36. The summed E-state index contributed by atoms with van der Waals surface area (Å²) in [6, 6.07) is 13.4. The lowest BCUT2D eigenvalue weighted by molar-refractivity contribution is -0.137. The summed E-state index contributed by atoms with van der Waals surface area (Å²) >= 11 is 7.00. The largest absolute Gasteiger partial charge is 0.493 e. The molecule has 0 spiro atoms. The van der Waals surface area contributed by atoms with Crippen LogP contribution in [-0.2, 0) is 4.79 Å². The van der Waals surface area contributed by atoms with Gasteiger partial charge in [0.05, 0.1) is 22.2 Å². The molecule has 148 valence electrons. The molecule has 29 heavy (non-hydrogen) atoms. The number of carbonyl (C=O) groups is 2. The molecule has 2 aromatic carbocycles. The number of ether oxygens (including phenoxy) is 1. The van der Waals surface area contributed by atoms with Crippen LogP contribution in [0.2, 0.25) is 5.02 Å². The number of carboxylic acids is 1. The maximum atomic E-state index is 12.3. The number of halogens is 1. The van der Waals surface area contributed by atoms with E-state index < -0.39 is 5.97 Å². The number of hydrogen-bond donors (Lipinski definition) is 2. The monoisotopic (exact) mass is 429 g/mol. The third-order valence-corrected chi connectivity index (χ3v) is 5.05. The Kier molecular flexibility index (Phi) is 6.64. The van der Waals surface area contributed by atoms with E-state index in [1.165, 1.54) is 17.4 Å². The van der Waals surface area contributed by atoms with Crippen molar-refractivity contribution in [3.63, 3.8) is 0 Å². The van der Waals surface area contributed by atoms with Crippen molar-refractivity contribution in [1.82, 2.24) is 4.98 Å². The van der Waals surface area contributed by atoms with Gasteiger partial charge < -0.3 is 14.8 Å². The second-order valence-electron chi connectivity index (χ2n) is 6.01. The van der Waals surface area contributed by atoms with E-state index in [1.54, 1.807) is 54.6 Å². The van der Waals surface area contributed by atoms with Gasteiger partial charge in [-0.1, -0.05) is 23.7 Å². The van der Waals surface area contributed by atoms with Crippen molar-refractivity contribution in [2.75, 3.05) is 6.61 Å². The summed E-state index contributed by atoms with van der Waals surface area (Å²) in [7, 11) is 0. The minimum Gasteiger partial charge on any atom is -0.493 e. The number of aromatic nitrogens is 1. The highest BCUT2D eigenvalue weighted by Crippen LogP contribution is 2.13. The zero-order chi connectivity index (χ0) is 20.8. The Morgan fingerprint density at radius 1 is 1.10 bits per heavy atom. The molecule has 0 aliphatic rings. The molecule has 0 saturated carbocycles. The molecule has 6 nitrogen and oxygen atoms in total. The first kappa shape index (κ1) is 20.6. The maximum Gasteiger partial charge on any atom is 0.306 e. The molecule has 1 heterocycles. The maximum absolute atomic E-state index is 12.3. The fourth-order valence-corrected chi connectivity index (χ4v) is 3.42. The van der Waals surface area contributed by atoms with E-state index >= 15 is 0 Å². The van der Waals surface area contributed by atoms with Crippen molar-refractivity contribution in [3.05, 3.63) is 84.2 Å². The van der Waals surface area contributed by atoms with E-state index in [1.807, 2.05) is 0 Å². The van der Waals surface area contributed by atoms with Gasteiger partial charge in [-0.3, -0.25) is 14.4 Å². The Hall–Kier alpha value is -3.16. The van der Waals surface area contributed by atoms with Gasteiger partial charge in [-0.25, -0.2) is 0 Å². The molecule has 3 aromatic rings. The van der Waals surface area contributed by atoms with Crippen LogP contribution in [0.4, 0.5) is 0 Å². The molecule has 0 saturated heterocycles. The standard InChI is InChI=1S/C21H16ClNO5S/c22-15-5-3-14(4-6-15)17(24)12-19-23-21(27)18(29-19)11-13-1-7-16(8-2-13)28-10-9-20(25)26/h1-8,11-12H,9-10H2,(H,23,27)(H,25,26)/b18-11+,19-12-. The summed E-state index contributed by atoms with van der Waals surface area (Å²) in [5.41, 5.74) is 0.970. The van der Waals surface area contributed by atoms with E-state index in [-0.39, 0.29) is 24.4 Å². The van der Waals surface area contributed by atoms with E-state index in [9.17, 15) is 14.4 Å². The predicted molar refractivity (Wildman–Crippen MR) is 112 cm³/mol. The lowest BCUT2D eigenvalue weighted by atomic mass is 10.1. The number of Topliss-reactive ketones (excluding diaryl/α,β-unsaturated/α-hetero) is 1. The molecular formula is C21H16ClNO5S. The summed E-state index contributed by atoms with van der Waals surface area (Å²) in [4.78, 5) is 37.6. The quantitative estimate of drug-likeness (QED) is 0.562. The number of carboxylic acid groups (broad SMARTS) is 1. The third kappa shape index (κ3) is 5.91. The normalized spacial score (nSPS) is 12.2. The average Bonchev–Trinajstić information content (AvgIpc) is 3.02. The molecule has 1 aromatic heterocycles. The van der Waals surface area contributed by atoms with Crippen molar-refractivity contribution in [2.24, 2.45) is 0 Å². The number of thiazole rings is 1. The Bertz CT molecular complexity index is 1190. The molecule has 2 N–H and O–H groups in total. The number of rotatable bonds is 7. The molecule has 0 unspecified atom stereocenters. The van der Waals surface area contributed by atoms with Crippen molar-refractivity contribution in [1.29, 1.82) is 0 Å². The van der Waals surface area contributed by atoms with E-state index in [0.717, 1.165) is 5.56 Å². The number of ketones is 1. The average molecular weight is 430 g/mol. The SMILES string of the molecule is O=C(O)CCOc1ccc(/C=c2/s/c(=C\C(=O)c3ccc(Cl)cc3)[nH]c2=O)cc1. The van der Waals surface area contributed by atoms with Crippen molar-refractivity contribution < 1.29 is 19.4 Å². The highest BCUT2D eigenvalue weighted by atomic mass is 35.5. The van der Waals surface area contributed by atoms with Crippen LogP contribution >= 0.6 is 22.9 Å². The number of nitrogens with one attached hydrogen (secondary N) is 1. The minimum atomic E-state index is -0.922. The topological polar surface area (TPSA) is 96.5 Å². The first-order chi connectivity index (χ1) is 13.9. The van der Waals surface area contributed by atoms with Gasteiger partial charge in [0, 0.05) is 16.7 Å². The number of carbonyl (C=O) groups excluding carboxylic acids is 1. The van der Waals surface area contributed by atoms with Crippen LogP contribution < -0.4 is 19.5 Å². The molecule has 0 atom stereocenters. The molecule has 0 radical (unpaired) electrons. The smallest absolute Gasteiger partial charge is 0.306 e. The number of hydrogen-bond acceptors (Lipinski definition) is 5. The summed E-state index contributed by atoms with van der Waals surface area (Å²) < 4.78 is 6.24. The van der Waals surface area contributed by atoms with Crippen LogP contribution in [0.25, 0.3) is 12.2 Å². The lowest BCUT2D eigenvalue weighted by Crippen LogP contribution is -2.20. The van der Waals surface area contributed by atoms with Crippen LogP contribution in [0, 0.1) is 0 Å². The highest BCUT2D eigenvalue weighted by molar-refractivity contribution is 7.07. The fourth-order valence-electron chi connectivity index (χ4n) is 2.41. The number of aliphatic carboxylic acids is 1. The third-order valence-electron chi connectivity index (χ3n) is 3.83. The van der Waals surface area contributed by atoms with Crippen LogP contribution in [-0.4, -0.2) is 28.4 Å². The van der Waals surface area contributed by atoms with Crippen LogP contribution in [0.5, 0.6) is 5.75 Å². The first-order valence-electron chi connectivity index (χ1n) is 8.58. The van der Waals surface area contributed by atoms with Crippen molar-refractivity contribution in [2.45, 2.75) is 6.42 Å². The van der Waals surface area contributed by atoms with E-state index in [2.05, 4.69) is 4.98 Å². The van der Waals surface area contributed by atoms with Crippen LogP contribution in [0.3, 0.4) is 0 Å². The summed E-state index contributed by atoms with van der Waals surface area (Å²) in [6.07, 6.45) is 3.01. The van der Waals surface area contributed by atoms with Gasteiger partial charge in [-0.15, -0.1) is 11.3 Å². The van der Waals surface area contributed by atoms with Crippen molar-refractivity contribution in [3.8, 4) is 5.75 Å². The fraction of sp³-hybridized carbons (Fsp3) is 0.0952. The zero-order valence-electron chi connectivity index (χ0n) is 15.1. The minimum absolute atomic E-state index is 0.0769. The Labute approximate surface area is 174 Å². The van der Waals surface area contributed by atoms with Gasteiger partial charge in [-0.05, 0) is 48.0 Å². The Morgan fingerprint density at radius 2 is 1.79 bits per heavy atom. The molecular weight excluding hydrogens is 414 g/mol.